The molecule has 43 heavy (non-hydrogen) atoms. The summed E-state index contributed by atoms with van der Waals surface area (Å²) in [7, 11) is -1.75. The molecule has 2 amide bonds. The zero-order valence-electron chi connectivity index (χ0n) is 24.2. The second-order valence-electron chi connectivity index (χ2n) is 11.3. The van der Waals surface area contributed by atoms with Gasteiger partial charge in [-0.05, 0) is 63.4 Å². The molecule has 2 aliphatic rings. The summed E-state index contributed by atoms with van der Waals surface area (Å²) in [5.74, 6) is -0.620. The van der Waals surface area contributed by atoms with Gasteiger partial charge in [-0.25, -0.2) is 8.42 Å². The van der Waals surface area contributed by atoms with Crippen molar-refractivity contribution in [1.82, 2.24) is 24.4 Å². The second kappa shape index (κ2) is 11.0. The highest BCUT2D eigenvalue weighted by molar-refractivity contribution is 7.89. The lowest BCUT2D eigenvalue weighted by atomic mass is 10.0. The molecule has 13 heteroatoms. The van der Waals surface area contributed by atoms with Gasteiger partial charge in [-0.15, -0.1) is 0 Å². The molecule has 0 bridgehead atoms. The van der Waals surface area contributed by atoms with E-state index in [1.54, 1.807) is 68.6 Å². The number of aromatic amines is 2. The number of fused-ring (bicyclic) bond motifs is 1. The molecule has 1 saturated heterocycles. The highest BCUT2D eigenvalue weighted by atomic mass is 32.2. The molecule has 0 atom stereocenters. The third kappa shape index (κ3) is 5.31. The number of nitrogens with one attached hydrogen (secondary N) is 4. The molecule has 0 spiro atoms. The van der Waals surface area contributed by atoms with Crippen molar-refractivity contribution in [3.63, 3.8) is 0 Å². The summed E-state index contributed by atoms with van der Waals surface area (Å²) < 4.78 is 28.5. The summed E-state index contributed by atoms with van der Waals surface area (Å²) in [6, 6.07) is 17.0. The minimum atomic E-state index is -3.83. The number of benzene rings is 2. The van der Waals surface area contributed by atoms with Crippen molar-refractivity contribution < 1.29 is 18.0 Å². The normalized spacial score (nSPS) is 17.0. The number of aromatic nitrogens is 3. The quantitative estimate of drug-likeness (QED) is 0.254. The molecule has 0 radical (unpaired) electrons. The summed E-state index contributed by atoms with van der Waals surface area (Å²) >= 11 is 0. The number of sulfonamides is 1. The lowest BCUT2D eigenvalue weighted by Gasteiger charge is -2.34. The molecule has 12 nitrogen and oxygen atoms in total. The Kier molecular flexibility index (Phi) is 7.32. The number of carbonyl (C=O) groups is 2. The number of carbonyl (C=O) groups excluding carboxylic acids is 2. The summed E-state index contributed by atoms with van der Waals surface area (Å²) in [6.45, 7) is 7.09. The Morgan fingerprint density at radius 3 is 2.37 bits per heavy atom. The number of anilines is 3. The zero-order chi connectivity index (χ0) is 30.4. The number of H-pyrrole nitrogens is 2. The van der Waals surface area contributed by atoms with E-state index in [1.165, 1.54) is 4.31 Å². The predicted molar refractivity (Wildman–Crippen MR) is 164 cm³/mol. The first kappa shape index (κ1) is 28.6. The van der Waals surface area contributed by atoms with Gasteiger partial charge in [-0.1, -0.05) is 18.2 Å². The fraction of sp³-hybridized carbons (Fsp3) is 0.300. The van der Waals surface area contributed by atoms with Crippen molar-refractivity contribution in [2.75, 3.05) is 48.8 Å². The van der Waals surface area contributed by atoms with Gasteiger partial charge in [0, 0.05) is 50.2 Å². The highest BCUT2D eigenvalue weighted by Gasteiger charge is 2.47. The fourth-order valence-electron chi connectivity index (χ4n) is 5.63. The van der Waals surface area contributed by atoms with E-state index in [0.29, 0.717) is 22.6 Å². The van der Waals surface area contributed by atoms with Crippen molar-refractivity contribution in [2.45, 2.75) is 30.8 Å². The van der Waals surface area contributed by atoms with Crippen LogP contribution in [-0.4, -0.2) is 77.8 Å². The fourth-order valence-corrected chi connectivity index (χ4v) is 7.38. The van der Waals surface area contributed by atoms with E-state index in [2.05, 4.69) is 42.7 Å². The number of piperazine rings is 1. The molecule has 1 fully saturated rings. The number of likely N-dealkylation sites (N-methyl/N-ethyl adjacent to an activating group) is 1. The SMILES string of the molecule is CN1CCN(c2ccc(C(=O)Nc3n[nH]c4c3CN(S(=O)(=O)c3ccccc3)C4(C)C)c(NC(=O)c3ccc[nH]3)c2)CC1. The maximum Gasteiger partial charge on any atom is 0.272 e. The van der Waals surface area contributed by atoms with Crippen LogP contribution in [-0.2, 0) is 22.1 Å². The van der Waals surface area contributed by atoms with E-state index in [1.807, 2.05) is 12.1 Å². The van der Waals surface area contributed by atoms with Gasteiger partial charge in [0.15, 0.2) is 5.82 Å². The Bertz CT molecular complexity index is 1760. The minimum absolute atomic E-state index is 0.0322. The second-order valence-corrected chi connectivity index (χ2v) is 13.2. The first-order valence-electron chi connectivity index (χ1n) is 14.0. The van der Waals surface area contributed by atoms with Crippen LogP contribution in [0.15, 0.2) is 71.8 Å². The van der Waals surface area contributed by atoms with Gasteiger partial charge in [-0.2, -0.15) is 9.40 Å². The standard InChI is InChI=1S/C30H34N8O4S/c1-30(2)26-23(19-38(30)43(41,42)21-8-5-4-6-9-21)27(35-34-26)33-28(39)22-12-11-20(37-16-14-36(3)15-17-37)18-25(22)32-29(40)24-10-7-13-31-24/h4-13,18,31H,14-17,19H2,1-3H3,(H,32,40)(H2,33,34,35,39). The Hall–Kier alpha value is -4.46. The van der Waals surface area contributed by atoms with Crippen molar-refractivity contribution in [1.29, 1.82) is 0 Å². The Morgan fingerprint density at radius 1 is 0.930 bits per heavy atom. The number of hydrogen-bond donors (Lipinski definition) is 4. The van der Waals surface area contributed by atoms with Crippen molar-refractivity contribution >= 4 is 39.0 Å². The van der Waals surface area contributed by atoms with Crippen molar-refractivity contribution in [3.8, 4) is 0 Å². The molecule has 224 valence electrons. The summed E-state index contributed by atoms with van der Waals surface area (Å²) in [4.78, 5) is 34.3. The minimum Gasteiger partial charge on any atom is -0.369 e. The third-order valence-corrected chi connectivity index (χ3v) is 10.2. The van der Waals surface area contributed by atoms with Crippen molar-refractivity contribution in [2.24, 2.45) is 0 Å². The van der Waals surface area contributed by atoms with Gasteiger partial charge in [0.2, 0.25) is 10.0 Å². The van der Waals surface area contributed by atoms with Gasteiger partial charge >= 0.3 is 0 Å². The molecule has 0 unspecified atom stereocenters. The summed E-state index contributed by atoms with van der Waals surface area (Å²) in [5.41, 5.74) is 2.13. The van der Waals surface area contributed by atoms with E-state index in [0.717, 1.165) is 31.9 Å². The zero-order valence-corrected chi connectivity index (χ0v) is 25.0. The Labute approximate surface area is 250 Å². The number of nitrogens with zero attached hydrogens (tertiary/aromatic N) is 4. The van der Waals surface area contributed by atoms with Gasteiger partial charge in [-0.3, -0.25) is 14.7 Å². The maximum atomic E-state index is 13.7. The Balaban J connectivity index is 1.28. The van der Waals surface area contributed by atoms with E-state index >= 15 is 0 Å². The van der Waals surface area contributed by atoms with E-state index in [4.69, 9.17) is 0 Å². The van der Waals surface area contributed by atoms with Crippen LogP contribution in [0.4, 0.5) is 17.2 Å². The van der Waals surface area contributed by atoms with E-state index in [9.17, 15) is 18.0 Å². The largest absolute Gasteiger partial charge is 0.369 e. The van der Waals surface area contributed by atoms with E-state index in [-0.39, 0.29) is 28.7 Å². The van der Waals surface area contributed by atoms with E-state index < -0.39 is 21.5 Å². The van der Waals surface area contributed by atoms with Crippen molar-refractivity contribution in [3.05, 3.63) is 89.4 Å². The lowest BCUT2D eigenvalue weighted by molar-refractivity contribution is 0.102. The van der Waals surface area contributed by atoms with Crippen LogP contribution >= 0.6 is 0 Å². The molecule has 0 aliphatic carbocycles. The Morgan fingerprint density at radius 2 is 1.67 bits per heavy atom. The van der Waals surface area contributed by atoms with Gasteiger partial charge < -0.3 is 25.4 Å². The molecular formula is C30H34N8O4S. The lowest BCUT2D eigenvalue weighted by Crippen LogP contribution is -2.44. The average molecular weight is 603 g/mol. The molecule has 4 N–H and O–H groups in total. The number of amides is 2. The molecule has 2 aliphatic heterocycles. The molecule has 6 rings (SSSR count). The number of rotatable bonds is 7. The van der Waals surface area contributed by atoms with Crippen LogP contribution in [0.3, 0.4) is 0 Å². The van der Waals surface area contributed by atoms with Gasteiger partial charge in [0.05, 0.1) is 27.4 Å². The smallest absolute Gasteiger partial charge is 0.272 e. The molecule has 2 aromatic carbocycles. The molecule has 0 saturated carbocycles. The van der Waals surface area contributed by atoms with Gasteiger partial charge in [0.1, 0.15) is 5.69 Å². The highest BCUT2D eigenvalue weighted by Crippen LogP contribution is 2.43. The molecular weight excluding hydrogens is 568 g/mol. The monoisotopic (exact) mass is 602 g/mol. The maximum absolute atomic E-state index is 13.7. The number of hydrogen-bond acceptors (Lipinski definition) is 7. The third-order valence-electron chi connectivity index (χ3n) is 8.17. The first-order chi connectivity index (χ1) is 20.6. The van der Waals surface area contributed by atoms with Crippen LogP contribution in [0.25, 0.3) is 0 Å². The van der Waals surface area contributed by atoms with Crippen LogP contribution in [0.1, 0.15) is 46.0 Å². The topological polar surface area (TPSA) is 147 Å². The predicted octanol–water partition coefficient (Wildman–Crippen LogP) is 3.43. The average Bonchev–Trinajstić information content (AvgIpc) is 3.73. The van der Waals surface area contributed by atoms with Crippen LogP contribution < -0.4 is 15.5 Å². The van der Waals surface area contributed by atoms with Crippen LogP contribution in [0, 0.1) is 0 Å². The summed E-state index contributed by atoms with van der Waals surface area (Å²) in [6.07, 6.45) is 1.66. The molecule has 4 aromatic rings. The molecule has 4 heterocycles. The van der Waals surface area contributed by atoms with Crippen LogP contribution in [0.2, 0.25) is 0 Å². The van der Waals surface area contributed by atoms with Gasteiger partial charge in [0.25, 0.3) is 11.8 Å². The summed E-state index contributed by atoms with van der Waals surface area (Å²) in [5, 5.41) is 13.0. The van der Waals surface area contributed by atoms with Crippen LogP contribution in [0.5, 0.6) is 0 Å². The molecule has 2 aromatic heterocycles. The first-order valence-corrected chi connectivity index (χ1v) is 15.5.